The van der Waals surface area contributed by atoms with Crippen LogP contribution in [0.3, 0.4) is 0 Å². The van der Waals surface area contributed by atoms with Crippen molar-refractivity contribution in [3.05, 3.63) is 82.3 Å². The summed E-state index contributed by atoms with van der Waals surface area (Å²) in [4.78, 5) is 29.3. The van der Waals surface area contributed by atoms with Gasteiger partial charge in [0, 0.05) is 37.2 Å². The van der Waals surface area contributed by atoms with Gasteiger partial charge in [-0.3, -0.25) is 9.59 Å². The number of likely N-dealkylation sites (tertiary alicyclic amines) is 1. The third kappa shape index (κ3) is 5.60. The van der Waals surface area contributed by atoms with E-state index in [1.165, 1.54) is 23.1 Å². The van der Waals surface area contributed by atoms with Crippen LogP contribution in [0, 0.1) is 28.8 Å². The lowest BCUT2D eigenvalue weighted by Gasteiger charge is -2.37. The Hall–Kier alpha value is -3.64. The average Bonchev–Trinajstić information content (AvgIpc) is 2.92. The maximum Gasteiger partial charge on any atom is 0.249 e. The van der Waals surface area contributed by atoms with E-state index in [0.717, 1.165) is 24.2 Å². The minimum absolute atomic E-state index is 0.00978. The molecule has 6 nitrogen and oxygen atoms in total. The van der Waals surface area contributed by atoms with E-state index >= 15 is 0 Å². The van der Waals surface area contributed by atoms with E-state index in [0.29, 0.717) is 55.7 Å². The van der Waals surface area contributed by atoms with Gasteiger partial charge in [-0.25, -0.2) is 13.2 Å². The van der Waals surface area contributed by atoms with Crippen molar-refractivity contribution in [3.8, 4) is 6.07 Å². The minimum Gasteiger partial charge on any atom is -0.352 e. The smallest absolute Gasteiger partial charge is 0.249 e. The number of hydrogen-bond acceptors (Lipinski definition) is 4. The summed E-state index contributed by atoms with van der Waals surface area (Å²) in [7, 11) is 1.59. The zero-order valence-corrected chi connectivity index (χ0v) is 21.6. The maximum atomic E-state index is 13.9. The highest BCUT2D eigenvalue weighted by Gasteiger charge is 2.37. The second kappa shape index (κ2) is 11.4. The number of hydrogen-bond donors (Lipinski definition) is 1. The number of amides is 2. The second-order valence-electron chi connectivity index (χ2n) is 10.0. The van der Waals surface area contributed by atoms with Crippen LogP contribution < -0.4 is 5.32 Å². The molecular weight excluding hydrogens is 493 g/mol. The highest BCUT2D eigenvalue weighted by molar-refractivity contribution is 5.99. The summed E-state index contributed by atoms with van der Waals surface area (Å²) < 4.78 is 40.7. The molecule has 9 heteroatoms. The van der Waals surface area contributed by atoms with Crippen LogP contribution in [0.1, 0.15) is 49.7 Å². The monoisotopic (exact) mass is 524 g/mol. The normalized spacial score (nSPS) is 19.8. The van der Waals surface area contributed by atoms with Crippen LogP contribution in [-0.2, 0) is 15.0 Å². The summed E-state index contributed by atoms with van der Waals surface area (Å²) >= 11 is 0. The molecule has 0 saturated carbocycles. The molecule has 0 aliphatic carbocycles. The Morgan fingerprint density at radius 3 is 2.42 bits per heavy atom. The standard InChI is InChI=1S/C29H31F3N4O2/c1-19-27(23(17-26(37)35(19)2)20-4-9-24(31)25(32)16-20)28(38)34-12-3-13-36-14-10-29(18-33,11-15-36)21-5-7-22(30)8-6-21/h4-9,16,23H,3,10-15,17H2,1-2H3,(H,34,38)/t23-/m0/s1. The van der Waals surface area contributed by atoms with Gasteiger partial charge in [0.1, 0.15) is 5.82 Å². The van der Waals surface area contributed by atoms with Crippen molar-refractivity contribution in [2.75, 3.05) is 33.2 Å². The van der Waals surface area contributed by atoms with Gasteiger partial charge in [0.05, 0.1) is 11.5 Å². The minimum atomic E-state index is -1.02. The first kappa shape index (κ1) is 27.4. The molecule has 2 amide bonds. The van der Waals surface area contributed by atoms with Gasteiger partial charge in [-0.15, -0.1) is 0 Å². The fraction of sp³-hybridized carbons (Fsp3) is 0.414. The number of nitrogens with one attached hydrogen (secondary N) is 1. The summed E-state index contributed by atoms with van der Waals surface area (Å²) in [6, 6.07) is 12.0. The molecule has 2 heterocycles. The van der Waals surface area contributed by atoms with E-state index in [1.54, 1.807) is 26.1 Å². The molecule has 4 rings (SSSR count). The Morgan fingerprint density at radius 2 is 1.79 bits per heavy atom. The molecule has 1 atom stereocenters. The molecule has 0 unspecified atom stereocenters. The van der Waals surface area contributed by atoms with Gasteiger partial charge in [0.2, 0.25) is 11.8 Å². The van der Waals surface area contributed by atoms with Crippen LogP contribution in [0.25, 0.3) is 0 Å². The third-order valence-corrected chi connectivity index (χ3v) is 7.84. The zero-order chi connectivity index (χ0) is 27.4. The molecule has 2 aliphatic heterocycles. The van der Waals surface area contributed by atoms with E-state index in [9.17, 15) is 28.0 Å². The van der Waals surface area contributed by atoms with Gasteiger partial charge in [0.15, 0.2) is 11.6 Å². The van der Waals surface area contributed by atoms with Crippen molar-refractivity contribution in [1.82, 2.24) is 15.1 Å². The Balaban J connectivity index is 1.34. The molecule has 0 radical (unpaired) electrons. The number of rotatable bonds is 7. The number of piperidine rings is 1. The van der Waals surface area contributed by atoms with Crippen LogP contribution in [0.5, 0.6) is 0 Å². The molecule has 200 valence electrons. The van der Waals surface area contributed by atoms with E-state index in [2.05, 4.69) is 16.3 Å². The highest BCUT2D eigenvalue weighted by Crippen LogP contribution is 2.37. The predicted octanol–water partition coefficient (Wildman–Crippen LogP) is 4.39. The Kier molecular flexibility index (Phi) is 8.22. The van der Waals surface area contributed by atoms with Crippen molar-refractivity contribution < 1.29 is 22.8 Å². The lowest BCUT2D eigenvalue weighted by atomic mass is 9.74. The van der Waals surface area contributed by atoms with E-state index in [-0.39, 0.29) is 24.1 Å². The first-order valence-corrected chi connectivity index (χ1v) is 12.8. The quantitative estimate of drug-likeness (QED) is 0.546. The van der Waals surface area contributed by atoms with E-state index in [1.807, 2.05) is 0 Å². The zero-order valence-electron chi connectivity index (χ0n) is 21.6. The highest BCUT2D eigenvalue weighted by atomic mass is 19.2. The van der Waals surface area contributed by atoms with Crippen molar-refractivity contribution in [1.29, 1.82) is 5.26 Å². The molecular formula is C29H31F3N4O2. The number of halogens is 3. The third-order valence-electron chi connectivity index (χ3n) is 7.84. The molecule has 2 aromatic rings. The summed E-state index contributed by atoms with van der Waals surface area (Å²) in [6.45, 7) is 4.24. The summed E-state index contributed by atoms with van der Waals surface area (Å²) in [5.41, 5.74) is 1.45. The summed E-state index contributed by atoms with van der Waals surface area (Å²) in [5, 5.41) is 12.8. The van der Waals surface area contributed by atoms with Gasteiger partial charge < -0.3 is 15.1 Å². The molecule has 0 bridgehead atoms. The maximum absolute atomic E-state index is 13.9. The summed E-state index contributed by atoms with van der Waals surface area (Å²) in [5.74, 6) is -3.53. The molecule has 0 spiro atoms. The topological polar surface area (TPSA) is 76.4 Å². The molecule has 2 aliphatic rings. The molecule has 1 fully saturated rings. The van der Waals surface area contributed by atoms with Gasteiger partial charge in [-0.2, -0.15) is 5.26 Å². The van der Waals surface area contributed by atoms with Gasteiger partial charge in [0.25, 0.3) is 0 Å². The molecule has 1 N–H and O–H groups in total. The van der Waals surface area contributed by atoms with Crippen molar-refractivity contribution >= 4 is 11.8 Å². The molecule has 1 saturated heterocycles. The lowest BCUT2D eigenvalue weighted by Crippen LogP contribution is -2.43. The number of carbonyl (C=O) groups excluding carboxylic acids is 2. The van der Waals surface area contributed by atoms with E-state index < -0.39 is 23.0 Å². The van der Waals surface area contributed by atoms with Crippen molar-refractivity contribution in [3.63, 3.8) is 0 Å². The largest absolute Gasteiger partial charge is 0.352 e. The van der Waals surface area contributed by atoms with Crippen LogP contribution in [0.2, 0.25) is 0 Å². The number of carbonyl (C=O) groups is 2. The lowest BCUT2D eigenvalue weighted by molar-refractivity contribution is -0.129. The van der Waals surface area contributed by atoms with Crippen molar-refractivity contribution in [2.24, 2.45) is 0 Å². The Morgan fingerprint density at radius 1 is 1.11 bits per heavy atom. The van der Waals surface area contributed by atoms with Crippen LogP contribution in [-0.4, -0.2) is 54.8 Å². The Bertz CT molecular complexity index is 1280. The SMILES string of the molecule is CC1=C(C(=O)NCCCN2CCC(C#N)(c3ccc(F)cc3)CC2)[C@H](c2ccc(F)c(F)c2)CC(=O)N1C. The van der Waals surface area contributed by atoms with Gasteiger partial charge >= 0.3 is 0 Å². The van der Waals surface area contributed by atoms with Crippen LogP contribution >= 0.6 is 0 Å². The van der Waals surface area contributed by atoms with Gasteiger partial charge in [-0.05, 0) is 81.2 Å². The average molecular weight is 525 g/mol. The molecule has 38 heavy (non-hydrogen) atoms. The van der Waals surface area contributed by atoms with Crippen LogP contribution in [0.15, 0.2) is 53.7 Å². The number of nitrogens with zero attached hydrogens (tertiary/aromatic N) is 3. The van der Waals surface area contributed by atoms with Gasteiger partial charge in [-0.1, -0.05) is 18.2 Å². The Labute approximate surface area is 220 Å². The fourth-order valence-corrected chi connectivity index (χ4v) is 5.36. The number of nitriles is 1. The first-order valence-electron chi connectivity index (χ1n) is 12.8. The molecule has 0 aromatic heterocycles. The summed E-state index contributed by atoms with van der Waals surface area (Å²) in [6.07, 6.45) is 1.95. The second-order valence-corrected chi connectivity index (χ2v) is 10.0. The number of allylic oxidation sites excluding steroid dienone is 1. The predicted molar refractivity (Wildman–Crippen MR) is 136 cm³/mol. The first-order chi connectivity index (χ1) is 18.1. The van der Waals surface area contributed by atoms with Crippen molar-refractivity contribution in [2.45, 2.75) is 43.9 Å². The molecule has 2 aromatic carbocycles. The number of benzene rings is 2. The fourth-order valence-electron chi connectivity index (χ4n) is 5.36. The van der Waals surface area contributed by atoms with Crippen LogP contribution in [0.4, 0.5) is 13.2 Å². The van der Waals surface area contributed by atoms with E-state index in [4.69, 9.17) is 0 Å².